The van der Waals surface area contributed by atoms with E-state index >= 15 is 0 Å². The average molecular weight is 247 g/mol. The monoisotopic (exact) mass is 247 g/mol. The lowest BCUT2D eigenvalue weighted by molar-refractivity contribution is 0.732. The highest BCUT2D eigenvalue weighted by atomic mass is 32.2. The van der Waals surface area contributed by atoms with Gasteiger partial charge in [-0.05, 0) is 31.2 Å². The van der Waals surface area contributed by atoms with E-state index in [1.165, 1.54) is 12.8 Å². The number of rotatable bonds is 6. The summed E-state index contributed by atoms with van der Waals surface area (Å²) in [7, 11) is 0. The topological polar surface area (TPSA) is 51.8 Å². The van der Waals surface area contributed by atoms with Gasteiger partial charge in [-0.3, -0.25) is 0 Å². The molecule has 1 aromatic carbocycles. The Labute approximate surface area is 106 Å². The number of benzene rings is 1. The van der Waals surface area contributed by atoms with E-state index in [1.54, 1.807) is 6.33 Å². The van der Waals surface area contributed by atoms with Gasteiger partial charge in [-0.25, -0.2) is 9.97 Å². The lowest BCUT2D eigenvalue weighted by atomic mass is 10.2. The van der Waals surface area contributed by atoms with Gasteiger partial charge in [0, 0.05) is 5.39 Å². The van der Waals surface area contributed by atoms with Crippen molar-refractivity contribution >= 4 is 22.7 Å². The molecule has 0 fully saturated rings. The zero-order chi connectivity index (χ0) is 11.9. The number of fused-ring (bicyclic) bond motifs is 1. The molecular formula is C13H17N3S. The number of para-hydroxylation sites is 1. The van der Waals surface area contributed by atoms with E-state index in [0.717, 1.165) is 34.6 Å². The van der Waals surface area contributed by atoms with Crippen LogP contribution in [0.1, 0.15) is 19.3 Å². The van der Waals surface area contributed by atoms with Crippen LogP contribution in [0.4, 0.5) is 0 Å². The van der Waals surface area contributed by atoms with Crippen molar-refractivity contribution in [3.8, 4) is 0 Å². The minimum atomic E-state index is 0.793. The molecule has 0 bridgehead atoms. The molecule has 0 atom stereocenters. The Bertz CT molecular complexity index is 468. The largest absolute Gasteiger partial charge is 0.330 e. The normalized spacial score (nSPS) is 10.9. The van der Waals surface area contributed by atoms with Crippen molar-refractivity contribution in [3.63, 3.8) is 0 Å². The van der Waals surface area contributed by atoms with Crippen LogP contribution in [-0.4, -0.2) is 22.3 Å². The first-order chi connectivity index (χ1) is 8.42. The number of nitrogens with zero attached hydrogens (tertiary/aromatic N) is 2. The Morgan fingerprint density at radius 3 is 2.82 bits per heavy atom. The highest BCUT2D eigenvalue weighted by Gasteiger charge is 2.02. The standard InChI is InChI=1S/C13H17N3S/c14-8-4-1-5-9-17-13-11-6-2-3-7-12(11)15-10-16-13/h2-3,6-7,10H,1,4-5,8-9,14H2. The van der Waals surface area contributed by atoms with Gasteiger partial charge in [0.1, 0.15) is 11.4 Å². The van der Waals surface area contributed by atoms with Crippen LogP contribution in [0.5, 0.6) is 0 Å². The summed E-state index contributed by atoms with van der Waals surface area (Å²) in [5, 5.41) is 2.24. The number of unbranched alkanes of at least 4 members (excludes halogenated alkanes) is 2. The maximum absolute atomic E-state index is 5.47. The van der Waals surface area contributed by atoms with E-state index in [2.05, 4.69) is 16.0 Å². The summed E-state index contributed by atoms with van der Waals surface area (Å²) in [5.74, 6) is 1.10. The SMILES string of the molecule is NCCCCCSc1ncnc2ccccc12. The van der Waals surface area contributed by atoms with Crippen molar-refractivity contribution in [1.29, 1.82) is 0 Å². The number of hydrogen-bond donors (Lipinski definition) is 1. The summed E-state index contributed by atoms with van der Waals surface area (Å²) in [6.07, 6.45) is 5.16. The molecule has 90 valence electrons. The molecular weight excluding hydrogens is 230 g/mol. The van der Waals surface area contributed by atoms with Crippen molar-refractivity contribution in [2.24, 2.45) is 5.73 Å². The predicted molar refractivity (Wildman–Crippen MR) is 73.2 cm³/mol. The maximum Gasteiger partial charge on any atom is 0.117 e. The summed E-state index contributed by atoms with van der Waals surface area (Å²) in [4.78, 5) is 8.61. The highest BCUT2D eigenvalue weighted by molar-refractivity contribution is 7.99. The van der Waals surface area contributed by atoms with Crippen molar-refractivity contribution in [2.75, 3.05) is 12.3 Å². The van der Waals surface area contributed by atoms with Crippen LogP contribution < -0.4 is 5.73 Å². The molecule has 1 heterocycles. The lowest BCUT2D eigenvalue weighted by Crippen LogP contribution is -1.98. The summed E-state index contributed by atoms with van der Waals surface area (Å²) >= 11 is 1.81. The Morgan fingerprint density at radius 1 is 1.06 bits per heavy atom. The third kappa shape index (κ3) is 3.41. The molecule has 2 N–H and O–H groups in total. The third-order valence-corrected chi connectivity index (χ3v) is 3.69. The Balaban J connectivity index is 1.98. The lowest BCUT2D eigenvalue weighted by Gasteiger charge is -2.04. The minimum Gasteiger partial charge on any atom is -0.330 e. The van der Waals surface area contributed by atoms with Gasteiger partial charge >= 0.3 is 0 Å². The van der Waals surface area contributed by atoms with Crippen LogP contribution in [0.25, 0.3) is 10.9 Å². The Kier molecular flexibility index (Phi) is 4.76. The first kappa shape index (κ1) is 12.3. The average Bonchev–Trinajstić information content (AvgIpc) is 2.39. The second kappa shape index (κ2) is 6.57. The van der Waals surface area contributed by atoms with Gasteiger partial charge < -0.3 is 5.73 Å². The zero-order valence-corrected chi connectivity index (χ0v) is 10.6. The van der Waals surface area contributed by atoms with Crippen LogP contribution >= 0.6 is 11.8 Å². The molecule has 0 spiro atoms. The summed E-state index contributed by atoms with van der Waals surface area (Å²) in [6, 6.07) is 8.14. The molecule has 2 aromatic rings. The second-order valence-corrected chi connectivity index (χ2v) is 4.98. The van der Waals surface area contributed by atoms with E-state index < -0.39 is 0 Å². The van der Waals surface area contributed by atoms with Crippen LogP contribution in [-0.2, 0) is 0 Å². The van der Waals surface area contributed by atoms with Crippen molar-refractivity contribution in [3.05, 3.63) is 30.6 Å². The van der Waals surface area contributed by atoms with Crippen LogP contribution in [0, 0.1) is 0 Å². The van der Waals surface area contributed by atoms with Gasteiger partial charge in [-0.1, -0.05) is 24.6 Å². The van der Waals surface area contributed by atoms with E-state index in [1.807, 2.05) is 30.0 Å². The van der Waals surface area contributed by atoms with Gasteiger partial charge in [0.15, 0.2) is 0 Å². The summed E-state index contributed by atoms with van der Waals surface area (Å²) < 4.78 is 0. The van der Waals surface area contributed by atoms with Gasteiger partial charge in [0.2, 0.25) is 0 Å². The van der Waals surface area contributed by atoms with Crippen molar-refractivity contribution in [1.82, 2.24) is 9.97 Å². The van der Waals surface area contributed by atoms with Gasteiger partial charge in [-0.2, -0.15) is 0 Å². The highest BCUT2D eigenvalue weighted by Crippen LogP contribution is 2.24. The van der Waals surface area contributed by atoms with E-state index in [4.69, 9.17) is 5.73 Å². The maximum atomic E-state index is 5.47. The smallest absolute Gasteiger partial charge is 0.117 e. The molecule has 17 heavy (non-hydrogen) atoms. The molecule has 0 amide bonds. The Morgan fingerprint density at radius 2 is 1.94 bits per heavy atom. The number of thioether (sulfide) groups is 1. The molecule has 1 aromatic heterocycles. The van der Waals surface area contributed by atoms with Gasteiger partial charge in [0.05, 0.1) is 5.52 Å². The molecule has 3 nitrogen and oxygen atoms in total. The van der Waals surface area contributed by atoms with Crippen molar-refractivity contribution < 1.29 is 0 Å². The van der Waals surface area contributed by atoms with Gasteiger partial charge in [0.25, 0.3) is 0 Å². The molecule has 0 unspecified atom stereocenters. The first-order valence-corrected chi connectivity index (χ1v) is 6.93. The molecule has 4 heteroatoms. The van der Waals surface area contributed by atoms with E-state index in [0.29, 0.717) is 0 Å². The molecule has 0 saturated heterocycles. The molecule has 0 aliphatic carbocycles. The predicted octanol–water partition coefficient (Wildman–Crippen LogP) is 2.85. The fourth-order valence-corrected chi connectivity index (χ4v) is 2.68. The molecule has 0 aliphatic heterocycles. The molecule has 0 saturated carbocycles. The second-order valence-electron chi connectivity index (χ2n) is 3.89. The van der Waals surface area contributed by atoms with E-state index in [-0.39, 0.29) is 0 Å². The fraction of sp³-hybridized carbons (Fsp3) is 0.385. The third-order valence-electron chi connectivity index (χ3n) is 2.59. The van der Waals surface area contributed by atoms with Crippen molar-refractivity contribution in [2.45, 2.75) is 24.3 Å². The first-order valence-electron chi connectivity index (χ1n) is 5.94. The summed E-state index contributed by atoms with van der Waals surface area (Å²) in [5.41, 5.74) is 6.49. The molecule has 0 aliphatic rings. The number of nitrogens with two attached hydrogens (primary N) is 1. The summed E-state index contributed by atoms with van der Waals surface area (Å²) in [6.45, 7) is 0.793. The van der Waals surface area contributed by atoms with Gasteiger partial charge in [-0.15, -0.1) is 11.8 Å². The molecule has 0 radical (unpaired) electrons. The quantitative estimate of drug-likeness (QED) is 0.484. The van der Waals surface area contributed by atoms with Crippen LogP contribution in [0.3, 0.4) is 0 Å². The Hall–Kier alpha value is -1.13. The van der Waals surface area contributed by atoms with E-state index in [9.17, 15) is 0 Å². The number of aromatic nitrogens is 2. The van der Waals surface area contributed by atoms with Crippen LogP contribution in [0.2, 0.25) is 0 Å². The van der Waals surface area contributed by atoms with Crippen LogP contribution in [0.15, 0.2) is 35.6 Å². The minimum absolute atomic E-state index is 0.793. The molecule has 2 rings (SSSR count). The number of hydrogen-bond acceptors (Lipinski definition) is 4. The zero-order valence-electron chi connectivity index (χ0n) is 9.80. The fourth-order valence-electron chi connectivity index (χ4n) is 1.69.